The van der Waals surface area contributed by atoms with E-state index in [9.17, 15) is 14.0 Å². The minimum atomic E-state index is -0.637. The number of carbonyl (C=O) groups excluding carboxylic acids is 2. The first kappa shape index (κ1) is 27.5. The molecule has 2 atom stereocenters. The third-order valence-electron chi connectivity index (χ3n) is 6.15. The van der Waals surface area contributed by atoms with Gasteiger partial charge in [0.25, 0.3) is 0 Å². The van der Waals surface area contributed by atoms with Crippen LogP contribution < -0.4 is 5.32 Å². The van der Waals surface area contributed by atoms with E-state index in [4.69, 9.17) is 0 Å². The molecule has 3 aromatic carbocycles. The summed E-state index contributed by atoms with van der Waals surface area (Å²) >= 11 is 1.47. The molecule has 0 aromatic heterocycles. The lowest BCUT2D eigenvalue weighted by Crippen LogP contribution is -2.52. The van der Waals surface area contributed by atoms with Crippen LogP contribution in [-0.2, 0) is 28.3 Å². The molecule has 0 aliphatic carbocycles. The van der Waals surface area contributed by atoms with Gasteiger partial charge in [-0.05, 0) is 49.1 Å². The summed E-state index contributed by atoms with van der Waals surface area (Å²) in [5.41, 5.74) is 4.07. The van der Waals surface area contributed by atoms with Gasteiger partial charge in [-0.25, -0.2) is 4.39 Å². The molecular weight excluding hydrogens is 471 g/mol. The largest absolute Gasteiger partial charge is 0.352 e. The fourth-order valence-electron chi connectivity index (χ4n) is 3.80. The quantitative estimate of drug-likeness (QED) is 0.332. The molecule has 0 unspecified atom stereocenters. The Bertz CT molecular complexity index is 1100. The molecule has 190 valence electrons. The van der Waals surface area contributed by atoms with Crippen molar-refractivity contribution in [3.8, 4) is 0 Å². The normalized spacial score (nSPS) is 12.6. The molecule has 6 heteroatoms. The zero-order chi connectivity index (χ0) is 25.9. The van der Waals surface area contributed by atoms with Crippen molar-refractivity contribution in [1.29, 1.82) is 0 Å². The highest BCUT2D eigenvalue weighted by atomic mass is 32.2. The number of hydrogen-bond donors (Lipinski definition) is 1. The lowest BCUT2D eigenvalue weighted by Gasteiger charge is -2.32. The highest BCUT2D eigenvalue weighted by Gasteiger charge is 2.30. The highest BCUT2D eigenvalue weighted by molar-refractivity contribution is 7.99. The standard InChI is InChI=1S/C30H35FN2O2S/c1-4-23(3)32-30(35)28(18-24-8-6-5-7-9-24)33(19-25-12-10-22(2)11-13-25)29(34)21-36-20-26-14-16-27(31)17-15-26/h5-17,23,28H,4,18-21H2,1-3H3,(H,32,35)/t23-,28-/m1/s1. The third kappa shape index (κ3) is 8.52. The average Bonchev–Trinajstić information content (AvgIpc) is 2.88. The Hall–Kier alpha value is -3.12. The molecule has 4 nitrogen and oxygen atoms in total. The first-order chi connectivity index (χ1) is 17.4. The Morgan fingerprint density at radius 3 is 2.19 bits per heavy atom. The Kier molecular flexibility index (Phi) is 10.6. The van der Waals surface area contributed by atoms with Crippen LogP contribution in [0.25, 0.3) is 0 Å². The van der Waals surface area contributed by atoms with E-state index in [-0.39, 0.29) is 29.4 Å². The number of hydrogen-bond acceptors (Lipinski definition) is 3. The zero-order valence-electron chi connectivity index (χ0n) is 21.2. The molecule has 36 heavy (non-hydrogen) atoms. The van der Waals surface area contributed by atoms with Crippen LogP contribution in [0.4, 0.5) is 4.39 Å². The minimum absolute atomic E-state index is 0.0138. The average molecular weight is 507 g/mol. The van der Waals surface area contributed by atoms with Gasteiger partial charge in [0.05, 0.1) is 5.75 Å². The van der Waals surface area contributed by atoms with Gasteiger partial charge in [0.1, 0.15) is 11.9 Å². The highest BCUT2D eigenvalue weighted by Crippen LogP contribution is 2.19. The van der Waals surface area contributed by atoms with Crippen LogP contribution in [0.1, 0.15) is 42.5 Å². The Morgan fingerprint density at radius 2 is 1.56 bits per heavy atom. The number of aryl methyl sites for hydroxylation is 1. The molecule has 0 saturated carbocycles. The maximum absolute atomic E-state index is 13.6. The van der Waals surface area contributed by atoms with E-state index in [1.54, 1.807) is 17.0 Å². The molecule has 3 rings (SSSR count). The van der Waals surface area contributed by atoms with E-state index in [0.29, 0.717) is 18.7 Å². The first-order valence-electron chi connectivity index (χ1n) is 12.4. The van der Waals surface area contributed by atoms with Crippen molar-refractivity contribution < 1.29 is 14.0 Å². The number of nitrogens with one attached hydrogen (secondary N) is 1. The minimum Gasteiger partial charge on any atom is -0.352 e. The van der Waals surface area contributed by atoms with Gasteiger partial charge in [0.15, 0.2) is 0 Å². The fourth-order valence-corrected chi connectivity index (χ4v) is 4.68. The van der Waals surface area contributed by atoms with Gasteiger partial charge in [-0.1, -0.05) is 79.2 Å². The smallest absolute Gasteiger partial charge is 0.243 e. The van der Waals surface area contributed by atoms with E-state index >= 15 is 0 Å². The molecule has 0 saturated heterocycles. The maximum atomic E-state index is 13.6. The lowest BCUT2D eigenvalue weighted by molar-refractivity contribution is -0.139. The van der Waals surface area contributed by atoms with Crippen molar-refractivity contribution in [2.24, 2.45) is 0 Å². The number of rotatable bonds is 12. The molecule has 0 spiro atoms. The number of amides is 2. The van der Waals surface area contributed by atoms with Crippen molar-refractivity contribution in [2.45, 2.75) is 58.0 Å². The van der Waals surface area contributed by atoms with Crippen molar-refractivity contribution in [3.05, 3.63) is 107 Å². The summed E-state index contributed by atoms with van der Waals surface area (Å²) in [6, 6.07) is 23.6. The van der Waals surface area contributed by atoms with E-state index in [1.165, 1.54) is 23.9 Å². The second kappa shape index (κ2) is 13.8. The molecule has 0 aliphatic rings. The lowest BCUT2D eigenvalue weighted by atomic mass is 10.0. The summed E-state index contributed by atoms with van der Waals surface area (Å²) < 4.78 is 13.2. The second-order valence-electron chi connectivity index (χ2n) is 9.15. The molecule has 0 fully saturated rings. The zero-order valence-corrected chi connectivity index (χ0v) is 22.1. The summed E-state index contributed by atoms with van der Waals surface area (Å²) in [7, 11) is 0. The first-order valence-corrected chi connectivity index (χ1v) is 13.5. The predicted octanol–water partition coefficient (Wildman–Crippen LogP) is 5.92. The summed E-state index contributed by atoms with van der Waals surface area (Å²) in [5.74, 6) is 0.304. The maximum Gasteiger partial charge on any atom is 0.243 e. The Labute approximate surface area is 218 Å². The monoisotopic (exact) mass is 506 g/mol. The van der Waals surface area contributed by atoms with Crippen molar-refractivity contribution in [1.82, 2.24) is 10.2 Å². The Morgan fingerprint density at radius 1 is 0.917 bits per heavy atom. The van der Waals surface area contributed by atoms with Crippen LogP contribution in [0.3, 0.4) is 0 Å². The van der Waals surface area contributed by atoms with Crippen LogP contribution in [-0.4, -0.2) is 34.6 Å². The van der Waals surface area contributed by atoms with E-state index in [2.05, 4.69) is 5.32 Å². The number of benzene rings is 3. The summed E-state index contributed by atoms with van der Waals surface area (Å²) in [6.45, 7) is 6.37. The van der Waals surface area contributed by atoms with Crippen molar-refractivity contribution in [2.75, 3.05) is 5.75 Å². The van der Waals surface area contributed by atoms with Gasteiger partial charge >= 0.3 is 0 Å². The van der Waals surface area contributed by atoms with E-state index < -0.39 is 6.04 Å². The third-order valence-corrected chi connectivity index (χ3v) is 7.14. The SMILES string of the molecule is CC[C@@H](C)NC(=O)[C@@H](Cc1ccccc1)N(Cc1ccc(C)cc1)C(=O)CSCc1ccc(F)cc1. The molecule has 3 aromatic rings. The molecule has 0 aliphatic heterocycles. The van der Waals surface area contributed by atoms with Crippen LogP contribution in [0.15, 0.2) is 78.9 Å². The van der Waals surface area contributed by atoms with Crippen molar-refractivity contribution in [3.63, 3.8) is 0 Å². The van der Waals surface area contributed by atoms with Crippen molar-refractivity contribution >= 4 is 23.6 Å². The predicted molar refractivity (Wildman–Crippen MR) is 146 cm³/mol. The van der Waals surface area contributed by atoms with Gasteiger partial charge in [-0.3, -0.25) is 9.59 Å². The van der Waals surface area contributed by atoms with Gasteiger partial charge in [-0.2, -0.15) is 0 Å². The van der Waals surface area contributed by atoms with Gasteiger partial charge in [0.2, 0.25) is 11.8 Å². The van der Waals surface area contributed by atoms with Crippen LogP contribution in [0.5, 0.6) is 0 Å². The fraction of sp³-hybridized carbons (Fsp3) is 0.333. The van der Waals surface area contributed by atoms with Gasteiger partial charge in [0, 0.05) is 24.8 Å². The Balaban J connectivity index is 1.84. The van der Waals surface area contributed by atoms with E-state index in [1.807, 2.05) is 75.4 Å². The second-order valence-corrected chi connectivity index (χ2v) is 10.1. The van der Waals surface area contributed by atoms with Gasteiger partial charge in [-0.15, -0.1) is 11.8 Å². The molecule has 0 radical (unpaired) electrons. The molecule has 1 N–H and O–H groups in total. The summed E-state index contributed by atoms with van der Waals surface area (Å²) in [5, 5.41) is 3.09. The molecule has 0 bridgehead atoms. The molecule has 2 amide bonds. The van der Waals surface area contributed by atoms with Crippen LogP contribution in [0.2, 0.25) is 0 Å². The number of nitrogens with zero attached hydrogens (tertiary/aromatic N) is 1. The van der Waals surface area contributed by atoms with Crippen LogP contribution in [0, 0.1) is 12.7 Å². The summed E-state index contributed by atoms with van der Waals surface area (Å²) in [6.07, 6.45) is 1.24. The topological polar surface area (TPSA) is 49.4 Å². The molecular formula is C30H35FN2O2S. The number of thioether (sulfide) groups is 1. The molecule has 0 heterocycles. The summed E-state index contributed by atoms with van der Waals surface area (Å²) in [4.78, 5) is 28.8. The van der Waals surface area contributed by atoms with Gasteiger partial charge < -0.3 is 10.2 Å². The van der Waals surface area contributed by atoms with Crippen LogP contribution >= 0.6 is 11.8 Å². The number of halogens is 1. The number of carbonyl (C=O) groups is 2. The van der Waals surface area contributed by atoms with E-state index in [0.717, 1.165) is 28.7 Å².